The van der Waals surface area contributed by atoms with Gasteiger partial charge in [-0.1, -0.05) is 0 Å². The zero-order valence-electron chi connectivity index (χ0n) is 15.5. The standard InChI is InChI=1S/C20H20FNO6/c1-26-15-7-8-16(18(11-15)27-2)22-19(24)12-28-20(25)10-9-17(23)13-3-5-14(21)6-4-13/h3-8,11H,9-10,12H2,1-2H3,(H,22,24). The lowest BCUT2D eigenvalue weighted by Crippen LogP contribution is -2.21. The van der Waals surface area contributed by atoms with Gasteiger partial charge in [0.1, 0.15) is 17.3 Å². The smallest absolute Gasteiger partial charge is 0.306 e. The van der Waals surface area contributed by atoms with Gasteiger partial charge in [-0.05, 0) is 36.4 Å². The maximum atomic E-state index is 12.8. The van der Waals surface area contributed by atoms with Crippen LogP contribution in [0.4, 0.5) is 10.1 Å². The molecule has 148 valence electrons. The average molecular weight is 389 g/mol. The Morgan fingerprint density at radius 3 is 2.32 bits per heavy atom. The van der Waals surface area contributed by atoms with Crippen molar-refractivity contribution in [2.45, 2.75) is 12.8 Å². The van der Waals surface area contributed by atoms with E-state index in [1.165, 1.54) is 38.5 Å². The van der Waals surface area contributed by atoms with E-state index < -0.39 is 24.3 Å². The van der Waals surface area contributed by atoms with Gasteiger partial charge in [-0.2, -0.15) is 0 Å². The zero-order valence-corrected chi connectivity index (χ0v) is 15.5. The average Bonchev–Trinajstić information content (AvgIpc) is 2.71. The molecule has 0 heterocycles. The van der Waals surface area contributed by atoms with Gasteiger partial charge in [-0.15, -0.1) is 0 Å². The highest BCUT2D eigenvalue weighted by Gasteiger charge is 2.13. The molecule has 1 amide bonds. The summed E-state index contributed by atoms with van der Waals surface area (Å²) in [5, 5.41) is 2.56. The van der Waals surface area contributed by atoms with Crippen LogP contribution in [0.1, 0.15) is 23.2 Å². The van der Waals surface area contributed by atoms with E-state index in [4.69, 9.17) is 14.2 Å². The lowest BCUT2D eigenvalue weighted by Gasteiger charge is -2.11. The van der Waals surface area contributed by atoms with Crippen molar-refractivity contribution in [1.82, 2.24) is 0 Å². The number of hydrogen-bond acceptors (Lipinski definition) is 6. The molecular formula is C20H20FNO6. The quantitative estimate of drug-likeness (QED) is 0.524. The number of anilines is 1. The fourth-order valence-electron chi connectivity index (χ4n) is 2.30. The molecule has 2 rings (SSSR count). The van der Waals surface area contributed by atoms with Crippen LogP contribution in [0.3, 0.4) is 0 Å². The number of nitrogens with one attached hydrogen (secondary N) is 1. The SMILES string of the molecule is COc1ccc(NC(=O)COC(=O)CCC(=O)c2ccc(F)cc2)c(OC)c1. The van der Waals surface area contributed by atoms with E-state index in [-0.39, 0.29) is 18.6 Å². The first-order valence-electron chi connectivity index (χ1n) is 8.39. The summed E-state index contributed by atoms with van der Waals surface area (Å²) < 4.78 is 28.0. The van der Waals surface area contributed by atoms with Crippen molar-refractivity contribution in [2.75, 3.05) is 26.1 Å². The highest BCUT2D eigenvalue weighted by molar-refractivity contribution is 5.98. The van der Waals surface area contributed by atoms with Crippen molar-refractivity contribution in [2.24, 2.45) is 0 Å². The monoisotopic (exact) mass is 389 g/mol. The maximum absolute atomic E-state index is 12.8. The Morgan fingerprint density at radius 1 is 0.964 bits per heavy atom. The fourth-order valence-corrected chi connectivity index (χ4v) is 2.30. The molecule has 0 radical (unpaired) electrons. The Labute approximate surface area is 161 Å². The van der Waals surface area contributed by atoms with Crippen LogP contribution in [0.5, 0.6) is 11.5 Å². The number of halogens is 1. The van der Waals surface area contributed by atoms with Crippen molar-refractivity contribution in [3.8, 4) is 11.5 Å². The molecule has 2 aromatic rings. The van der Waals surface area contributed by atoms with E-state index in [0.717, 1.165) is 0 Å². The van der Waals surface area contributed by atoms with E-state index in [2.05, 4.69) is 5.32 Å². The second-order valence-electron chi connectivity index (χ2n) is 5.71. The Kier molecular flexibility index (Phi) is 7.50. The number of rotatable bonds is 9. The van der Waals surface area contributed by atoms with Crippen molar-refractivity contribution in [1.29, 1.82) is 0 Å². The molecule has 0 aliphatic carbocycles. The molecule has 0 aliphatic heterocycles. The number of carbonyl (C=O) groups is 3. The summed E-state index contributed by atoms with van der Waals surface area (Å²) in [5.41, 5.74) is 0.703. The van der Waals surface area contributed by atoms with Crippen LogP contribution in [0, 0.1) is 5.82 Å². The van der Waals surface area contributed by atoms with Gasteiger partial charge in [0.2, 0.25) is 0 Å². The lowest BCUT2D eigenvalue weighted by molar-refractivity contribution is -0.147. The first kappa shape index (κ1) is 20.9. The Morgan fingerprint density at radius 2 is 1.68 bits per heavy atom. The molecular weight excluding hydrogens is 369 g/mol. The molecule has 8 heteroatoms. The predicted octanol–water partition coefficient (Wildman–Crippen LogP) is 2.99. The Bertz CT molecular complexity index is 850. The summed E-state index contributed by atoms with van der Waals surface area (Å²) in [6.45, 7) is -0.501. The van der Waals surface area contributed by atoms with Gasteiger partial charge in [0.05, 0.1) is 26.3 Å². The van der Waals surface area contributed by atoms with Crippen LogP contribution in [0.15, 0.2) is 42.5 Å². The Balaban J connectivity index is 1.78. The molecule has 0 fully saturated rings. The van der Waals surface area contributed by atoms with E-state index in [1.54, 1.807) is 18.2 Å². The summed E-state index contributed by atoms with van der Waals surface area (Å²) in [7, 11) is 2.95. The van der Waals surface area contributed by atoms with E-state index in [1.807, 2.05) is 0 Å². The van der Waals surface area contributed by atoms with Gasteiger partial charge in [-0.25, -0.2) is 4.39 Å². The normalized spacial score (nSPS) is 10.1. The van der Waals surface area contributed by atoms with E-state index in [0.29, 0.717) is 22.7 Å². The molecule has 0 aromatic heterocycles. The van der Waals surface area contributed by atoms with Gasteiger partial charge < -0.3 is 19.5 Å². The van der Waals surface area contributed by atoms with E-state index in [9.17, 15) is 18.8 Å². The fraction of sp³-hybridized carbons (Fsp3) is 0.250. The molecule has 0 saturated heterocycles. The van der Waals surface area contributed by atoms with Gasteiger partial charge in [0, 0.05) is 18.1 Å². The van der Waals surface area contributed by atoms with Crippen LogP contribution in [0.2, 0.25) is 0 Å². The molecule has 0 bridgehead atoms. The maximum Gasteiger partial charge on any atom is 0.306 e. The summed E-state index contributed by atoms with van der Waals surface area (Å²) in [4.78, 5) is 35.6. The zero-order chi connectivity index (χ0) is 20.5. The van der Waals surface area contributed by atoms with Crippen molar-refractivity contribution < 1.29 is 33.0 Å². The van der Waals surface area contributed by atoms with Crippen LogP contribution in [-0.4, -0.2) is 38.5 Å². The second kappa shape index (κ2) is 10.1. The molecule has 0 unspecified atom stereocenters. The molecule has 0 spiro atoms. The number of esters is 1. The number of ketones is 1. The number of carbonyl (C=O) groups excluding carboxylic acids is 3. The number of amides is 1. The first-order chi connectivity index (χ1) is 13.4. The second-order valence-corrected chi connectivity index (χ2v) is 5.71. The third-order valence-electron chi connectivity index (χ3n) is 3.77. The molecule has 0 atom stereocenters. The van der Waals surface area contributed by atoms with Crippen molar-refractivity contribution in [3.63, 3.8) is 0 Å². The summed E-state index contributed by atoms with van der Waals surface area (Å²) in [6.07, 6.45) is -0.284. The first-order valence-corrected chi connectivity index (χ1v) is 8.39. The largest absolute Gasteiger partial charge is 0.497 e. The van der Waals surface area contributed by atoms with Crippen LogP contribution in [-0.2, 0) is 14.3 Å². The topological polar surface area (TPSA) is 90.9 Å². The van der Waals surface area contributed by atoms with Gasteiger partial charge in [-0.3, -0.25) is 14.4 Å². The summed E-state index contributed by atoms with van der Waals surface area (Å²) in [6, 6.07) is 9.87. The molecule has 1 N–H and O–H groups in total. The molecule has 0 aliphatic rings. The molecule has 28 heavy (non-hydrogen) atoms. The van der Waals surface area contributed by atoms with Gasteiger partial charge >= 0.3 is 5.97 Å². The lowest BCUT2D eigenvalue weighted by atomic mass is 10.1. The van der Waals surface area contributed by atoms with Crippen molar-refractivity contribution >= 4 is 23.3 Å². The highest BCUT2D eigenvalue weighted by atomic mass is 19.1. The predicted molar refractivity (Wildman–Crippen MR) is 99.1 cm³/mol. The number of benzene rings is 2. The van der Waals surface area contributed by atoms with Gasteiger partial charge in [0.25, 0.3) is 5.91 Å². The van der Waals surface area contributed by atoms with E-state index >= 15 is 0 Å². The third kappa shape index (κ3) is 6.08. The number of methoxy groups -OCH3 is 2. The van der Waals surface area contributed by atoms with Crippen LogP contribution >= 0.6 is 0 Å². The van der Waals surface area contributed by atoms with Crippen molar-refractivity contribution in [3.05, 3.63) is 53.8 Å². The number of ether oxygens (including phenoxy) is 3. The minimum absolute atomic E-state index is 0.0988. The van der Waals surface area contributed by atoms with Crippen LogP contribution in [0.25, 0.3) is 0 Å². The molecule has 7 nitrogen and oxygen atoms in total. The summed E-state index contributed by atoms with van der Waals surface area (Å²) in [5.74, 6) is -1.05. The number of hydrogen-bond donors (Lipinski definition) is 1. The van der Waals surface area contributed by atoms with Gasteiger partial charge in [0.15, 0.2) is 12.4 Å². The molecule has 2 aromatic carbocycles. The third-order valence-corrected chi connectivity index (χ3v) is 3.77. The van der Waals surface area contributed by atoms with Crippen LogP contribution < -0.4 is 14.8 Å². The number of Topliss-reactive ketones (excluding diaryl/α,β-unsaturated/α-hetero) is 1. The molecule has 0 saturated carbocycles. The minimum atomic E-state index is -0.688. The Hall–Kier alpha value is -3.42. The minimum Gasteiger partial charge on any atom is -0.497 e. The summed E-state index contributed by atoms with van der Waals surface area (Å²) >= 11 is 0. The highest BCUT2D eigenvalue weighted by Crippen LogP contribution is 2.28.